The van der Waals surface area contributed by atoms with Crippen molar-refractivity contribution in [3.8, 4) is 0 Å². The Morgan fingerprint density at radius 2 is 1.00 bits per heavy atom. The van der Waals surface area contributed by atoms with Gasteiger partial charge < -0.3 is 0 Å². The van der Waals surface area contributed by atoms with Crippen LogP contribution >= 0.6 is 0 Å². The molecular weight excluding hydrogens is 294 g/mol. The summed E-state index contributed by atoms with van der Waals surface area (Å²) in [5.41, 5.74) is 1.56. The summed E-state index contributed by atoms with van der Waals surface area (Å²) < 4.78 is 0. The third-order valence-corrected chi connectivity index (χ3v) is 6.36. The summed E-state index contributed by atoms with van der Waals surface area (Å²) >= 11 is 0. The van der Waals surface area contributed by atoms with E-state index < -0.39 is 0 Å². The standard InChI is InChI=1S/C5H14Si2.2Y/c1-6(2)5-7(3)4;;/h5H2,1-4H3;;. The molecule has 0 N–H and O–H groups in total. The molecule has 0 unspecified atom stereocenters. The van der Waals surface area contributed by atoms with Crippen molar-refractivity contribution in [2.75, 3.05) is 0 Å². The zero-order valence-electron chi connectivity index (χ0n) is 6.86. The van der Waals surface area contributed by atoms with E-state index in [2.05, 4.69) is 26.2 Å². The molecule has 48 valence electrons. The Labute approximate surface area is 113 Å². The Kier molecular flexibility index (Phi) is 20.9. The van der Waals surface area contributed by atoms with E-state index in [0.717, 1.165) is 0 Å². The van der Waals surface area contributed by atoms with Gasteiger partial charge in [-0.2, -0.15) is 0 Å². The predicted octanol–water partition coefficient (Wildman–Crippen LogP) is 2.03. The molecule has 4 heteroatoms. The van der Waals surface area contributed by atoms with E-state index in [0.29, 0.717) is 0 Å². The maximum absolute atomic E-state index is 2.39. The van der Waals surface area contributed by atoms with E-state index in [1.165, 1.54) is 0 Å². The van der Waals surface area contributed by atoms with E-state index in [9.17, 15) is 0 Å². The van der Waals surface area contributed by atoms with E-state index in [-0.39, 0.29) is 83.0 Å². The topological polar surface area (TPSA) is 0 Å². The molecule has 4 radical (unpaired) electrons. The second-order valence-electron chi connectivity index (χ2n) is 2.59. The van der Waals surface area contributed by atoms with Crippen molar-refractivity contribution in [3.05, 3.63) is 0 Å². The summed E-state index contributed by atoms with van der Waals surface area (Å²) in [5, 5.41) is 0. The number of hydrogen-bond acceptors (Lipinski definition) is 0. The van der Waals surface area contributed by atoms with Gasteiger partial charge in [-0.25, -0.2) is 0 Å². The minimum Gasteiger partial charge on any atom is -0.0715 e. The quantitative estimate of drug-likeness (QED) is 0.685. The normalized spacial score (nSPS) is 8.67. The smallest absolute Gasteiger partial charge is 0.0382 e. The van der Waals surface area contributed by atoms with Crippen LogP contribution in [-0.4, -0.2) is 17.6 Å². The van der Waals surface area contributed by atoms with Gasteiger partial charge >= 0.3 is 0 Å². The Balaban J connectivity index is -0.000000180. The van der Waals surface area contributed by atoms with Crippen LogP contribution in [0.25, 0.3) is 0 Å². The van der Waals surface area contributed by atoms with Crippen LogP contribution < -0.4 is 0 Å². The average molecular weight is 308 g/mol. The van der Waals surface area contributed by atoms with Gasteiger partial charge in [-0.1, -0.05) is 31.9 Å². The molecule has 0 fully saturated rings. The predicted molar refractivity (Wildman–Crippen MR) is 39.8 cm³/mol. The summed E-state index contributed by atoms with van der Waals surface area (Å²) in [6.45, 7) is 9.56. The maximum atomic E-state index is 2.39. The van der Waals surface area contributed by atoms with Gasteiger partial charge in [0.2, 0.25) is 0 Å². The monoisotopic (exact) mass is 308 g/mol. The Morgan fingerprint density at radius 1 is 0.778 bits per heavy atom. The molecule has 0 saturated heterocycles. The van der Waals surface area contributed by atoms with Gasteiger partial charge in [0.15, 0.2) is 0 Å². The summed E-state index contributed by atoms with van der Waals surface area (Å²) in [6.07, 6.45) is 0. The molecule has 0 bridgehead atoms. The molecule has 0 rings (SSSR count). The number of hydrogen-bond donors (Lipinski definition) is 0. The van der Waals surface area contributed by atoms with Crippen molar-refractivity contribution < 1.29 is 65.4 Å². The molecule has 0 amide bonds. The van der Waals surface area contributed by atoms with Crippen molar-refractivity contribution in [3.63, 3.8) is 0 Å². The SMILES string of the molecule is C[Si](C)C[Si](C)C.[Y].[Y]. The van der Waals surface area contributed by atoms with Crippen molar-refractivity contribution in [1.82, 2.24) is 0 Å². The van der Waals surface area contributed by atoms with E-state index >= 15 is 0 Å². The van der Waals surface area contributed by atoms with Gasteiger partial charge in [0.05, 0.1) is 0 Å². The Morgan fingerprint density at radius 3 is 1.00 bits per heavy atom. The van der Waals surface area contributed by atoms with Crippen LogP contribution in [0, 0.1) is 0 Å². The van der Waals surface area contributed by atoms with Crippen molar-refractivity contribution in [2.45, 2.75) is 31.9 Å². The van der Waals surface area contributed by atoms with Gasteiger partial charge in [0.1, 0.15) is 0 Å². The molecule has 0 heterocycles. The molecule has 0 aromatic carbocycles. The van der Waals surface area contributed by atoms with Crippen LogP contribution in [0.3, 0.4) is 0 Å². The van der Waals surface area contributed by atoms with Gasteiger partial charge in [-0.3, -0.25) is 0 Å². The second-order valence-corrected chi connectivity index (χ2v) is 8.83. The molecule has 0 saturated carbocycles. The number of rotatable bonds is 2. The molecule has 0 aromatic heterocycles. The first-order chi connectivity index (χ1) is 3.13. The first kappa shape index (κ1) is 17.7. The minimum atomic E-state index is 0. The van der Waals surface area contributed by atoms with Crippen LogP contribution in [0.15, 0.2) is 0 Å². The van der Waals surface area contributed by atoms with E-state index in [4.69, 9.17) is 0 Å². The van der Waals surface area contributed by atoms with Gasteiger partial charge in [-0.05, 0) is 0 Å². The molecule has 0 nitrogen and oxygen atoms in total. The van der Waals surface area contributed by atoms with Gasteiger partial charge in [0, 0.05) is 83.0 Å². The summed E-state index contributed by atoms with van der Waals surface area (Å²) in [4.78, 5) is 0. The van der Waals surface area contributed by atoms with E-state index in [1.54, 1.807) is 5.67 Å². The zero-order valence-corrected chi connectivity index (χ0v) is 14.5. The Bertz CT molecular complexity index is 42.2. The molecule has 0 spiro atoms. The second kappa shape index (κ2) is 10.6. The zero-order chi connectivity index (χ0) is 5.86. The minimum absolute atomic E-state index is 0. The Hall–Kier alpha value is 2.64. The van der Waals surface area contributed by atoms with Crippen LogP contribution in [-0.2, 0) is 65.4 Å². The van der Waals surface area contributed by atoms with Crippen molar-refractivity contribution in [2.24, 2.45) is 0 Å². The molecule has 0 aromatic rings. The average Bonchev–Trinajstić information content (AvgIpc) is 1.27. The fourth-order valence-electron chi connectivity index (χ4n) is 0.707. The summed E-state index contributed by atoms with van der Waals surface area (Å²) in [7, 11) is 0.222. The molecule has 0 aliphatic heterocycles. The van der Waals surface area contributed by atoms with Crippen LogP contribution in [0.5, 0.6) is 0 Å². The van der Waals surface area contributed by atoms with Crippen molar-refractivity contribution in [1.29, 1.82) is 0 Å². The molecule has 0 atom stereocenters. The first-order valence-corrected chi connectivity index (χ1v) is 8.12. The molecule has 0 aliphatic carbocycles. The van der Waals surface area contributed by atoms with Gasteiger partial charge in [0.25, 0.3) is 0 Å². The fraction of sp³-hybridized carbons (Fsp3) is 1.00. The van der Waals surface area contributed by atoms with Gasteiger partial charge in [-0.15, -0.1) is 0 Å². The third kappa shape index (κ3) is 18.0. The molecular formula is C5H14Si2Y2. The maximum Gasteiger partial charge on any atom is 0.0382 e. The largest absolute Gasteiger partial charge is 0.0715 e. The summed E-state index contributed by atoms with van der Waals surface area (Å²) in [5.74, 6) is 0. The van der Waals surface area contributed by atoms with Crippen molar-refractivity contribution >= 4 is 17.6 Å². The third-order valence-electron chi connectivity index (χ3n) is 0.707. The van der Waals surface area contributed by atoms with Crippen LogP contribution in [0.1, 0.15) is 0 Å². The van der Waals surface area contributed by atoms with Crippen LogP contribution in [0.2, 0.25) is 31.9 Å². The first-order valence-electron chi connectivity index (χ1n) is 2.71. The molecule has 9 heavy (non-hydrogen) atoms. The summed E-state index contributed by atoms with van der Waals surface area (Å²) in [6, 6.07) is 0. The molecule has 0 aliphatic rings. The van der Waals surface area contributed by atoms with E-state index in [1.807, 2.05) is 0 Å². The fourth-order valence-corrected chi connectivity index (χ4v) is 6.36. The van der Waals surface area contributed by atoms with Crippen LogP contribution in [0.4, 0.5) is 0 Å².